The summed E-state index contributed by atoms with van der Waals surface area (Å²) in [5.74, 6) is 0. The highest BCUT2D eigenvalue weighted by atomic mass is 16.3. The zero-order valence-corrected chi connectivity index (χ0v) is 4.31. The average Bonchev–Trinajstić information content (AvgIpc) is 1.30. The zero-order chi connectivity index (χ0) is 5.91. The van der Waals surface area contributed by atoms with Crippen molar-refractivity contribution < 1.29 is 11.4 Å². The van der Waals surface area contributed by atoms with E-state index in [1.807, 2.05) is 0 Å². The van der Waals surface area contributed by atoms with E-state index in [1.54, 1.807) is 14.1 Å². The Kier molecular flexibility index (Phi) is 2.13. The Morgan fingerprint density at radius 2 is 2.33 bits per heavy atom. The third-order valence-corrected chi connectivity index (χ3v) is 0.547. The summed E-state index contributed by atoms with van der Waals surface area (Å²) in [7, 11) is 3.44. The van der Waals surface area contributed by atoms with Crippen LogP contribution in [-0.2, 0) is 0 Å². The molecule has 0 atom stereocenters. The summed E-state index contributed by atoms with van der Waals surface area (Å²) < 4.78 is 7.11. The van der Waals surface area contributed by atoms with E-state index >= 15 is 0 Å². The molecule has 2 N–H and O–H groups in total. The molecule has 0 radical (unpaired) electrons. The fourth-order valence-corrected chi connectivity index (χ4v) is 0.200. The molecule has 0 bridgehead atoms. The summed E-state index contributed by atoms with van der Waals surface area (Å²) in [6.45, 7) is 0.594. The van der Waals surface area contributed by atoms with Crippen LogP contribution in [0.1, 0.15) is 0 Å². The Labute approximate surface area is 39.9 Å². The Morgan fingerprint density at radius 3 is 2.33 bits per heavy atom. The summed E-state index contributed by atoms with van der Waals surface area (Å²) in [6, 6.07) is 0. The van der Waals surface area contributed by atoms with E-state index in [2.05, 4.69) is 0 Å². The lowest BCUT2D eigenvalue weighted by Crippen LogP contribution is -3.06. The highest BCUT2D eigenvalue weighted by Crippen LogP contribution is 1.35. The van der Waals surface area contributed by atoms with E-state index in [-0.39, 0.29) is 11.5 Å². The highest BCUT2D eigenvalue weighted by molar-refractivity contribution is 4.10. The molecule has 0 rings (SSSR count). The molecule has 0 aromatic heterocycles. The van der Waals surface area contributed by atoms with Crippen LogP contribution in [0.4, 0.5) is 0 Å². The molecule has 0 aromatic carbocycles. The summed E-state index contributed by atoms with van der Waals surface area (Å²) in [5, 5.41) is 8.27. The van der Waals surface area contributed by atoms with E-state index in [0.29, 0.717) is 6.54 Å². The van der Waals surface area contributed by atoms with Crippen LogP contribution in [-0.4, -0.2) is 32.4 Å². The van der Waals surface area contributed by atoms with Crippen molar-refractivity contribution in [2.45, 2.75) is 0 Å². The van der Waals surface area contributed by atoms with Gasteiger partial charge in [0, 0.05) is 0 Å². The average molecular weight is 91.2 g/mol. The number of quaternary nitrogens is 1. The van der Waals surface area contributed by atoms with Crippen molar-refractivity contribution in [1.82, 2.24) is 0 Å². The molecule has 0 aromatic rings. The molecule has 0 fully saturated rings. The molecule has 0 aliphatic rings. The molecule has 38 valence electrons. The zero-order valence-electron chi connectivity index (χ0n) is 5.31. The van der Waals surface area contributed by atoms with Crippen LogP contribution in [0, 0.1) is 0 Å². The van der Waals surface area contributed by atoms with Crippen molar-refractivity contribution in [3.05, 3.63) is 0 Å². The van der Waals surface area contributed by atoms with Crippen molar-refractivity contribution in [3.63, 3.8) is 0 Å². The summed E-state index contributed by atoms with van der Waals surface area (Å²) in [6.07, 6.45) is 0. The molecule has 0 saturated carbocycles. The minimum Gasteiger partial charge on any atom is -0.391 e. The molecule has 0 heterocycles. The highest BCUT2D eigenvalue weighted by Gasteiger charge is 1.84. The third-order valence-electron chi connectivity index (χ3n) is 0.547. The van der Waals surface area contributed by atoms with E-state index in [4.69, 9.17) is 6.52 Å². The van der Waals surface area contributed by atoms with Gasteiger partial charge < -0.3 is 10.00 Å². The second-order valence-electron chi connectivity index (χ2n) is 1.53. The van der Waals surface area contributed by atoms with Gasteiger partial charge in [0.2, 0.25) is 0 Å². The molecule has 2 heteroatoms. The molecule has 0 aliphatic heterocycles. The van der Waals surface area contributed by atoms with Gasteiger partial charge in [-0.1, -0.05) is 0 Å². The van der Waals surface area contributed by atoms with Crippen LogP contribution >= 0.6 is 0 Å². The molecule has 0 amide bonds. The first-order valence-corrected chi connectivity index (χ1v) is 2.03. The normalized spacial score (nSPS) is 14.2. The second kappa shape index (κ2) is 3.12. The topological polar surface area (TPSA) is 24.7 Å². The molecule has 0 aliphatic carbocycles. The van der Waals surface area contributed by atoms with Crippen LogP contribution in [0.3, 0.4) is 0 Å². The van der Waals surface area contributed by atoms with Gasteiger partial charge in [-0.15, -0.1) is 0 Å². The molecular weight excluding hydrogens is 78.0 g/mol. The Balaban J connectivity index is 3.15. The molecule has 0 spiro atoms. The number of aliphatic hydroxyl groups is 1. The Morgan fingerprint density at radius 1 is 1.83 bits per heavy atom. The summed E-state index contributed by atoms with van der Waals surface area (Å²) >= 11 is 0. The van der Waals surface area contributed by atoms with Crippen molar-refractivity contribution in [2.24, 2.45) is 0 Å². The fraction of sp³-hybridized carbons (Fsp3) is 1.00. The van der Waals surface area contributed by atoms with Crippen LogP contribution < -0.4 is 4.89 Å². The fourth-order valence-electron chi connectivity index (χ4n) is 0.200. The SMILES string of the molecule is [2H][N+](C)(C)CCO. The molecular formula is C4H12NO+. The second-order valence-corrected chi connectivity index (χ2v) is 1.53. The predicted octanol–water partition coefficient (Wildman–Crippen LogP) is -1.88. The van der Waals surface area contributed by atoms with Gasteiger partial charge in [0.25, 0.3) is 0 Å². The Bertz CT molecular complexity index is 50.1. The minimum absolute atomic E-state index is 0.0938. The maximum atomic E-state index is 8.27. The van der Waals surface area contributed by atoms with E-state index < -0.39 is 0 Å². The smallest absolute Gasteiger partial charge is 0.347 e. The Hall–Kier alpha value is -0.0800. The van der Waals surface area contributed by atoms with Gasteiger partial charge in [0.1, 0.15) is 6.54 Å². The van der Waals surface area contributed by atoms with Gasteiger partial charge in [-0.05, 0) is 0 Å². The molecule has 0 unspecified atom stereocenters. The van der Waals surface area contributed by atoms with Crippen LogP contribution in [0.2, 0.25) is 1.41 Å². The lowest BCUT2D eigenvalue weighted by molar-refractivity contribution is -0.858. The number of nitrogens with one attached hydrogen (secondary N) is 1. The van der Waals surface area contributed by atoms with Crippen molar-refractivity contribution in [2.75, 3.05) is 27.2 Å². The molecule has 2 nitrogen and oxygen atoms in total. The quantitative estimate of drug-likeness (QED) is 0.408. The summed E-state index contributed by atoms with van der Waals surface area (Å²) in [5.41, 5.74) is 0. The van der Waals surface area contributed by atoms with E-state index in [1.165, 1.54) is 0 Å². The van der Waals surface area contributed by atoms with Crippen molar-refractivity contribution in [3.8, 4) is 0 Å². The number of likely N-dealkylation sites (N-methyl/N-ethyl adjacent to an activating group) is 1. The van der Waals surface area contributed by atoms with Gasteiger partial charge >= 0.3 is 1.41 Å². The van der Waals surface area contributed by atoms with Gasteiger partial charge in [-0.25, -0.2) is 0 Å². The largest absolute Gasteiger partial charge is 0.391 e. The van der Waals surface area contributed by atoms with Gasteiger partial charge in [-0.2, -0.15) is 0 Å². The summed E-state index contributed by atoms with van der Waals surface area (Å²) in [4.78, 5) is 0.0938. The monoisotopic (exact) mass is 91.1 g/mol. The van der Waals surface area contributed by atoms with Crippen molar-refractivity contribution in [1.29, 1.82) is 0 Å². The van der Waals surface area contributed by atoms with Crippen LogP contribution in [0.15, 0.2) is 0 Å². The lowest BCUT2D eigenvalue weighted by Gasteiger charge is -2.00. The maximum Gasteiger partial charge on any atom is 0.347 e. The van der Waals surface area contributed by atoms with Gasteiger partial charge in [0.05, 0.1) is 20.7 Å². The first-order chi connectivity index (χ1) is 3.06. The number of hydrogen-bond acceptors (Lipinski definition) is 1. The van der Waals surface area contributed by atoms with Gasteiger partial charge in [0.15, 0.2) is 0 Å². The van der Waals surface area contributed by atoms with E-state index in [9.17, 15) is 0 Å². The number of rotatable bonds is 2. The number of hydrogen-bond donors (Lipinski definition) is 2. The minimum atomic E-state index is 0.0938. The van der Waals surface area contributed by atoms with Crippen molar-refractivity contribution >= 4 is 0 Å². The van der Waals surface area contributed by atoms with Gasteiger partial charge in [-0.3, -0.25) is 0 Å². The standard InChI is InChI=1S/C4H11NO/c1-5(2)3-4-6/h6H,3-4H2,1-2H3/p+1/i/hD. The molecule has 0 saturated heterocycles. The third kappa shape index (κ3) is 3.92. The van der Waals surface area contributed by atoms with Crippen LogP contribution in [0.25, 0.3) is 0 Å². The maximum absolute atomic E-state index is 8.27. The first-order valence-electron chi connectivity index (χ1n) is 2.47. The predicted molar refractivity (Wildman–Crippen MR) is 24.8 cm³/mol. The molecule has 6 heavy (non-hydrogen) atoms. The number of aliphatic hydroxyl groups excluding tert-OH is 1. The van der Waals surface area contributed by atoms with E-state index in [0.717, 1.165) is 0 Å². The first kappa shape index (κ1) is 4.09. The lowest BCUT2D eigenvalue weighted by atomic mass is 10.6. The van der Waals surface area contributed by atoms with Crippen LogP contribution in [0.5, 0.6) is 0 Å².